The number of H-pyrrole nitrogens is 1. The summed E-state index contributed by atoms with van der Waals surface area (Å²) in [7, 11) is 0. The number of nitrogens with two attached hydrogens (primary N) is 1. The molecule has 0 bridgehead atoms. The molecule has 0 atom stereocenters. The van der Waals surface area contributed by atoms with Crippen LogP contribution in [0.15, 0.2) is 24.3 Å². The minimum Gasteiger partial charge on any atom is -0.494 e. The number of nitrogens with one attached hydrogen (secondary N) is 1. The van der Waals surface area contributed by atoms with Crippen LogP contribution in [0.25, 0.3) is 10.9 Å². The summed E-state index contributed by atoms with van der Waals surface area (Å²) in [6, 6.07) is 7.96. The Labute approximate surface area is 102 Å². The van der Waals surface area contributed by atoms with E-state index in [1.807, 2.05) is 24.3 Å². The van der Waals surface area contributed by atoms with Gasteiger partial charge in [0.1, 0.15) is 11.6 Å². The highest BCUT2D eigenvalue weighted by Crippen LogP contribution is 2.22. The van der Waals surface area contributed by atoms with Crippen LogP contribution in [0.4, 0.5) is 5.82 Å². The Kier molecular flexibility index (Phi) is 3.91. The van der Waals surface area contributed by atoms with Crippen LogP contribution < -0.4 is 10.5 Å². The van der Waals surface area contributed by atoms with Gasteiger partial charge < -0.3 is 15.5 Å². The third-order valence-corrected chi connectivity index (χ3v) is 2.88. The minimum absolute atomic E-state index is 0.695. The number of unbranched alkanes of at least 4 members (excludes halogenated alkanes) is 3. The zero-order valence-corrected chi connectivity index (χ0v) is 10.3. The smallest absolute Gasteiger partial charge is 0.121 e. The van der Waals surface area contributed by atoms with Crippen molar-refractivity contribution in [2.45, 2.75) is 32.6 Å². The van der Waals surface area contributed by atoms with Gasteiger partial charge in [0.2, 0.25) is 0 Å². The van der Waals surface area contributed by atoms with Gasteiger partial charge in [-0.1, -0.05) is 26.2 Å². The first-order chi connectivity index (χ1) is 8.29. The largest absolute Gasteiger partial charge is 0.494 e. The molecular formula is C14H20N2O. The first-order valence-electron chi connectivity index (χ1n) is 6.30. The van der Waals surface area contributed by atoms with Crippen molar-refractivity contribution in [2.24, 2.45) is 0 Å². The highest BCUT2D eigenvalue weighted by molar-refractivity contribution is 5.84. The summed E-state index contributed by atoms with van der Waals surface area (Å²) in [4.78, 5) is 3.11. The topological polar surface area (TPSA) is 51.0 Å². The molecular weight excluding hydrogens is 212 g/mol. The maximum atomic E-state index is 5.71. The predicted molar refractivity (Wildman–Crippen MR) is 72.3 cm³/mol. The van der Waals surface area contributed by atoms with Crippen LogP contribution in [0.3, 0.4) is 0 Å². The zero-order valence-electron chi connectivity index (χ0n) is 10.3. The van der Waals surface area contributed by atoms with Gasteiger partial charge in [-0.2, -0.15) is 0 Å². The van der Waals surface area contributed by atoms with Gasteiger partial charge in [0.05, 0.1) is 12.1 Å². The quantitative estimate of drug-likeness (QED) is 0.746. The molecule has 3 heteroatoms. The second kappa shape index (κ2) is 5.62. The lowest BCUT2D eigenvalue weighted by Gasteiger charge is -2.05. The molecule has 2 rings (SSSR count). The molecule has 0 aliphatic heterocycles. The fourth-order valence-corrected chi connectivity index (χ4v) is 1.94. The maximum Gasteiger partial charge on any atom is 0.121 e. The standard InChI is InChI=1S/C14H20N2O/c1-2-3-4-5-8-17-12-7-6-11-9-14(15)16-13(11)10-12/h6-7,9-10,16H,2-5,8,15H2,1H3. The second-order valence-electron chi connectivity index (χ2n) is 4.38. The van der Waals surface area contributed by atoms with E-state index in [0.29, 0.717) is 5.82 Å². The van der Waals surface area contributed by atoms with E-state index in [0.717, 1.165) is 29.7 Å². The van der Waals surface area contributed by atoms with Crippen LogP contribution in [0.2, 0.25) is 0 Å². The number of anilines is 1. The van der Waals surface area contributed by atoms with Crippen LogP contribution in [0.5, 0.6) is 5.75 Å². The average molecular weight is 232 g/mol. The molecule has 1 heterocycles. The Morgan fingerprint density at radius 2 is 2.06 bits per heavy atom. The van der Waals surface area contributed by atoms with E-state index < -0.39 is 0 Å². The van der Waals surface area contributed by atoms with Crippen LogP contribution in [0.1, 0.15) is 32.6 Å². The maximum absolute atomic E-state index is 5.71. The normalized spacial score (nSPS) is 10.9. The summed E-state index contributed by atoms with van der Waals surface area (Å²) in [5, 5.41) is 1.13. The molecule has 0 spiro atoms. The average Bonchev–Trinajstić information content (AvgIpc) is 2.68. The predicted octanol–water partition coefficient (Wildman–Crippen LogP) is 3.71. The molecule has 2 aromatic rings. The van der Waals surface area contributed by atoms with Crippen molar-refractivity contribution in [2.75, 3.05) is 12.3 Å². The van der Waals surface area contributed by atoms with E-state index in [2.05, 4.69) is 11.9 Å². The van der Waals surface area contributed by atoms with Gasteiger partial charge in [0.15, 0.2) is 0 Å². The van der Waals surface area contributed by atoms with Gasteiger partial charge >= 0.3 is 0 Å². The van der Waals surface area contributed by atoms with Gasteiger partial charge in [-0.15, -0.1) is 0 Å². The van der Waals surface area contributed by atoms with Crippen molar-refractivity contribution < 1.29 is 4.74 Å². The van der Waals surface area contributed by atoms with Crippen LogP contribution in [0, 0.1) is 0 Å². The Bertz CT molecular complexity index is 476. The van der Waals surface area contributed by atoms with Gasteiger partial charge in [-0.3, -0.25) is 0 Å². The lowest BCUT2D eigenvalue weighted by Crippen LogP contribution is -1.96. The molecule has 3 N–H and O–H groups in total. The SMILES string of the molecule is CCCCCCOc1ccc2cc(N)[nH]c2c1. The molecule has 17 heavy (non-hydrogen) atoms. The highest BCUT2D eigenvalue weighted by atomic mass is 16.5. The van der Waals surface area contributed by atoms with Crippen molar-refractivity contribution in [3.05, 3.63) is 24.3 Å². The van der Waals surface area contributed by atoms with Gasteiger partial charge in [-0.05, 0) is 24.6 Å². The lowest BCUT2D eigenvalue weighted by atomic mass is 10.2. The van der Waals surface area contributed by atoms with Crippen molar-refractivity contribution in [3.8, 4) is 5.75 Å². The number of hydrogen-bond donors (Lipinski definition) is 2. The van der Waals surface area contributed by atoms with Crippen molar-refractivity contribution in [3.63, 3.8) is 0 Å². The number of rotatable bonds is 6. The van der Waals surface area contributed by atoms with E-state index in [1.54, 1.807) is 0 Å². The van der Waals surface area contributed by atoms with Crippen LogP contribution >= 0.6 is 0 Å². The Morgan fingerprint density at radius 1 is 1.18 bits per heavy atom. The molecule has 0 amide bonds. The highest BCUT2D eigenvalue weighted by Gasteiger charge is 2.00. The molecule has 1 aromatic carbocycles. The van der Waals surface area contributed by atoms with Crippen molar-refractivity contribution in [1.29, 1.82) is 0 Å². The summed E-state index contributed by atoms with van der Waals surface area (Å²) in [6.45, 7) is 3.01. The number of fused-ring (bicyclic) bond motifs is 1. The molecule has 3 nitrogen and oxygen atoms in total. The third kappa shape index (κ3) is 3.16. The Morgan fingerprint density at radius 3 is 2.88 bits per heavy atom. The minimum atomic E-state index is 0.695. The summed E-state index contributed by atoms with van der Waals surface area (Å²) in [5.41, 5.74) is 6.73. The number of nitrogen functional groups attached to an aromatic ring is 1. The first-order valence-corrected chi connectivity index (χ1v) is 6.30. The zero-order chi connectivity index (χ0) is 12.1. The molecule has 92 valence electrons. The molecule has 0 radical (unpaired) electrons. The van der Waals surface area contributed by atoms with E-state index in [-0.39, 0.29) is 0 Å². The van der Waals surface area contributed by atoms with E-state index in [1.165, 1.54) is 19.3 Å². The van der Waals surface area contributed by atoms with Gasteiger partial charge in [0.25, 0.3) is 0 Å². The molecule has 0 unspecified atom stereocenters. The van der Waals surface area contributed by atoms with Crippen LogP contribution in [-0.2, 0) is 0 Å². The fourth-order valence-electron chi connectivity index (χ4n) is 1.94. The van der Waals surface area contributed by atoms with Crippen molar-refractivity contribution >= 4 is 16.7 Å². The Hall–Kier alpha value is -1.64. The number of aromatic nitrogens is 1. The molecule has 0 saturated heterocycles. The van der Waals surface area contributed by atoms with Gasteiger partial charge in [-0.25, -0.2) is 0 Å². The summed E-state index contributed by atoms with van der Waals surface area (Å²) in [6.07, 6.45) is 4.91. The van der Waals surface area contributed by atoms with E-state index >= 15 is 0 Å². The van der Waals surface area contributed by atoms with Gasteiger partial charge in [0, 0.05) is 11.5 Å². The summed E-state index contributed by atoms with van der Waals surface area (Å²) >= 11 is 0. The summed E-state index contributed by atoms with van der Waals surface area (Å²) < 4.78 is 5.71. The number of ether oxygens (including phenoxy) is 1. The lowest BCUT2D eigenvalue weighted by molar-refractivity contribution is 0.305. The van der Waals surface area contributed by atoms with E-state index in [9.17, 15) is 0 Å². The van der Waals surface area contributed by atoms with Crippen LogP contribution in [-0.4, -0.2) is 11.6 Å². The number of hydrogen-bond acceptors (Lipinski definition) is 2. The third-order valence-electron chi connectivity index (χ3n) is 2.88. The molecule has 1 aromatic heterocycles. The summed E-state index contributed by atoms with van der Waals surface area (Å²) in [5.74, 6) is 1.61. The first kappa shape index (κ1) is 11.8. The number of aromatic amines is 1. The van der Waals surface area contributed by atoms with Crippen molar-refractivity contribution in [1.82, 2.24) is 4.98 Å². The fraction of sp³-hybridized carbons (Fsp3) is 0.429. The number of benzene rings is 1. The monoisotopic (exact) mass is 232 g/mol. The second-order valence-corrected chi connectivity index (χ2v) is 4.38. The van der Waals surface area contributed by atoms with E-state index in [4.69, 9.17) is 10.5 Å². The molecule has 0 fully saturated rings. The molecule has 0 saturated carbocycles. The Balaban J connectivity index is 1.90. The molecule has 0 aliphatic carbocycles. The molecule has 0 aliphatic rings.